The van der Waals surface area contributed by atoms with Gasteiger partial charge in [0.05, 0.1) is 4.90 Å². The Balaban J connectivity index is 0.00000192. The quantitative estimate of drug-likeness (QED) is 0.913. The van der Waals surface area contributed by atoms with Crippen LogP contribution in [-0.2, 0) is 10.0 Å². The van der Waals surface area contributed by atoms with Gasteiger partial charge in [0, 0.05) is 36.3 Å². The van der Waals surface area contributed by atoms with Crippen molar-refractivity contribution in [3.63, 3.8) is 0 Å². The fourth-order valence-electron chi connectivity index (χ4n) is 3.16. The van der Waals surface area contributed by atoms with Gasteiger partial charge in [0.1, 0.15) is 0 Å². The summed E-state index contributed by atoms with van der Waals surface area (Å²) in [6.45, 7) is 2.04. The highest BCUT2D eigenvalue weighted by molar-refractivity contribution is 7.89. The first-order chi connectivity index (χ1) is 10.6. The molecule has 126 valence electrons. The first-order valence-corrected chi connectivity index (χ1v) is 9.04. The average molecular weight is 356 g/mol. The molecule has 3 rings (SSSR count). The van der Waals surface area contributed by atoms with E-state index in [4.69, 9.17) is 0 Å². The molecule has 2 heterocycles. The zero-order chi connectivity index (χ0) is 15.6. The number of benzene rings is 1. The molecule has 0 bridgehead atoms. The van der Waals surface area contributed by atoms with E-state index >= 15 is 0 Å². The van der Waals surface area contributed by atoms with E-state index in [-0.39, 0.29) is 12.4 Å². The third-order valence-corrected chi connectivity index (χ3v) is 6.16. The SMILES string of the molecule is CNCC1CCCN(S(=O)(=O)c2cccc3cnccc23)C1.Cl. The Morgan fingerprint density at radius 2 is 2.17 bits per heavy atom. The molecule has 7 heteroatoms. The van der Waals surface area contributed by atoms with E-state index in [9.17, 15) is 8.42 Å². The van der Waals surface area contributed by atoms with E-state index in [0.717, 1.165) is 30.2 Å². The minimum atomic E-state index is -3.46. The summed E-state index contributed by atoms with van der Waals surface area (Å²) in [4.78, 5) is 4.45. The Bertz CT molecular complexity index is 760. The van der Waals surface area contributed by atoms with Crippen molar-refractivity contribution in [1.82, 2.24) is 14.6 Å². The van der Waals surface area contributed by atoms with Crippen LogP contribution in [0.5, 0.6) is 0 Å². The summed E-state index contributed by atoms with van der Waals surface area (Å²) >= 11 is 0. The molecule has 0 spiro atoms. The van der Waals surface area contributed by atoms with Crippen LogP contribution < -0.4 is 5.32 Å². The first-order valence-electron chi connectivity index (χ1n) is 7.60. The number of hydrogen-bond donors (Lipinski definition) is 1. The van der Waals surface area contributed by atoms with Gasteiger partial charge in [-0.15, -0.1) is 12.4 Å². The van der Waals surface area contributed by atoms with Crippen molar-refractivity contribution in [2.75, 3.05) is 26.7 Å². The van der Waals surface area contributed by atoms with Crippen molar-refractivity contribution in [2.45, 2.75) is 17.7 Å². The van der Waals surface area contributed by atoms with E-state index in [1.807, 2.05) is 13.1 Å². The number of aromatic nitrogens is 1. The standard InChI is InChI=1S/C16H21N3O2S.ClH/c1-17-10-13-4-3-9-19(12-13)22(20,21)16-6-2-5-14-11-18-8-7-15(14)16;/h2,5-8,11,13,17H,3-4,9-10,12H2,1H3;1H. The molecule has 2 aromatic rings. The van der Waals surface area contributed by atoms with Crippen molar-refractivity contribution in [3.8, 4) is 0 Å². The van der Waals surface area contributed by atoms with Crippen LogP contribution in [0.15, 0.2) is 41.6 Å². The summed E-state index contributed by atoms with van der Waals surface area (Å²) in [6.07, 6.45) is 5.33. The lowest BCUT2D eigenvalue weighted by atomic mass is 10.00. The molecule has 1 aliphatic heterocycles. The average Bonchev–Trinajstić information content (AvgIpc) is 2.55. The number of fused-ring (bicyclic) bond motifs is 1. The number of sulfonamides is 1. The number of piperidine rings is 1. The van der Waals surface area contributed by atoms with Crippen molar-refractivity contribution in [2.24, 2.45) is 5.92 Å². The smallest absolute Gasteiger partial charge is 0.243 e. The van der Waals surface area contributed by atoms with Crippen LogP contribution in [0.25, 0.3) is 10.8 Å². The Morgan fingerprint density at radius 1 is 1.35 bits per heavy atom. The fraction of sp³-hybridized carbons (Fsp3) is 0.438. The maximum atomic E-state index is 13.0. The monoisotopic (exact) mass is 355 g/mol. The van der Waals surface area contributed by atoms with E-state index in [2.05, 4.69) is 10.3 Å². The zero-order valence-electron chi connectivity index (χ0n) is 13.1. The normalized spacial score (nSPS) is 19.4. The third kappa shape index (κ3) is 3.66. The zero-order valence-corrected chi connectivity index (χ0v) is 14.7. The molecule has 23 heavy (non-hydrogen) atoms. The number of halogens is 1. The Kier molecular flexibility index (Phi) is 5.97. The highest BCUT2D eigenvalue weighted by Gasteiger charge is 2.30. The van der Waals surface area contributed by atoms with Gasteiger partial charge in [0.15, 0.2) is 0 Å². The highest BCUT2D eigenvalue weighted by Crippen LogP contribution is 2.28. The topological polar surface area (TPSA) is 62.3 Å². The van der Waals surface area contributed by atoms with Crippen LogP contribution in [0, 0.1) is 5.92 Å². The number of pyridine rings is 1. The van der Waals surface area contributed by atoms with Gasteiger partial charge in [-0.1, -0.05) is 12.1 Å². The molecular weight excluding hydrogens is 334 g/mol. The molecule has 1 aromatic heterocycles. The summed E-state index contributed by atoms with van der Waals surface area (Å²) in [5.41, 5.74) is 0. The lowest BCUT2D eigenvalue weighted by Crippen LogP contribution is -2.42. The molecule has 1 saturated heterocycles. The van der Waals surface area contributed by atoms with Crippen molar-refractivity contribution >= 4 is 33.2 Å². The summed E-state index contributed by atoms with van der Waals surface area (Å²) in [7, 11) is -1.55. The van der Waals surface area contributed by atoms with Crippen molar-refractivity contribution in [3.05, 3.63) is 36.7 Å². The van der Waals surface area contributed by atoms with E-state index in [1.165, 1.54) is 0 Å². The summed E-state index contributed by atoms with van der Waals surface area (Å²) in [5.74, 6) is 0.380. The van der Waals surface area contributed by atoms with E-state index < -0.39 is 10.0 Å². The number of nitrogens with zero attached hydrogens (tertiary/aromatic N) is 2. The van der Waals surface area contributed by atoms with Gasteiger partial charge in [-0.3, -0.25) is 4.98 Å². The second-order valence-electron chi connectivity index (χ2n) is 5.78. The number of rotatable bonds is 4. The fourth-order valence-corrected chi connectivity index (χ4v) is 4.93. The van der Waals surface area contributed by atoms with Crippen molar-refractivity contribution < 1.29 is 8.42 Å². The minimum absolute atomic E-state index is 0. The van der Waals surface area contributed by atoms with Crippen molar-refractivity contribution in [1.29, 1.82) is 0 Å². The second-order valence-corrected chi connectivity index (χ2v) is 7.69. The molecule has 5 nitrogen and oxygen atoms in total. The lowest BCUT2D eigenvalue weighted by Gasteiger charge is -2.32. The predicted molar refractivity (Wildman–Crippen MR) is 94.4 cm³/mol. The summed E-state index contributed by atoms with van der Waals surface area (Å²) < 4.78 is 27.7. The van der Waals surface area contributed by atoms with Gasteiger partial charge in [-0.05, 0) is 44.5 Å². The van der Waals surface area contributed by atoms with Gasteiger partial charge in [0.25, 0.3) is 0 Å². The third-order valence-electron chi connectivity index (χ3n) is 4.23. The van der Waals surface area contributed by atoms with Crippen LogP contribution in [0.1, 0.15) is 12.8 Å². The Morgan fingerprint density at radius 3 is 2.96 bits per heavy atom. The van der Waals surface area contributed by atoms with Crippen LogP contribution in [0.3, 0.4) is 0 Å². The van der Waals surface area contributed by atoms with Crippen LogP contribution >= 0.6 is 12.4 Å². The summed E-state index contributed by atoms with van der Waals surface area (Å²) in [6, 6.07) is 7.14. The van der Waals surface area contributed by atoms with Gasteiger partial charge < -0.3 is 5.32 Å². The predicted octanol–water partition coefficient (Wildman–Crippen LogP) is 2.28. The second kappa shape index (κ2) is 7.57. The molecule has 0 amide bonds. The van der Waals surface area contributed by atoms with Gasteiger partial charge in [-0.2, -0.15) is 4.31 Å². The van der Waals surface area contributed by atoms with Crippen LogP contribution in [0.2, 0.25) is 0 Å². The molecule has 1 aromatic carbocycles. The molecule has 1 fully saturated rings. The molecule has 0 aliphatic carbocycles. The molecule has 1 aliphatic rings. The number of hydrogen-bond acceptors (Lipinski definition) is 4. The molecule has 0 saturated carbocycles. The Labute approximate surface area is 143 Å². The molecule has 1 unspecified atom stereocenters. The minimum Gasteiger partial charge on any atom is -0.319 e. The largest absolute Gasteiger partial charge is 0.319 e. The maximum Gasteiger partial charge on any atom is 0.243 e. The lowest BCUT2D eigenvalue weighted by molar-refractivity contribution is 0.263. The highest BCUT2D eigenvalue weighted by atomic mass is 35.5. The first kappa shape index (κ1) is 18.1. The van der Waals surface area contributed by atoms with Gasteiger partial charge in [0.2, 0.25) is 10.0 Å². The van der Waals surface area contributed by atoms with E-state index in [1.54, 1.807) is 34.9 Å². The van der Waals surface area contributed by atoms with Crippen LogP contribution in [0.4, 0.5) is 0 Å². The molecule has 1 atom stereocenters. The molecule has 1 N–H and O–H groups in total. The van der Waals surface area contributed by atoms with Gasteiger partial charge >= 0.3 is 0 Å². The maximum absolute atomic E-state index is 13.0. The van der Waals surface area contributed by atoms with Crippen LogP contribution in [-0.4, -0.2) is 44.4 Å². The van der Waals surface area contributed by atoms with Gasteiger partial charge in [-0.25, -0.2) is 8.42 Å². The van der Waals surface area contributed by atoms with E-state index in [0.29, 0.717) is 23.9 Å². The Hall–Kier alpha value is -1.21. The summed E-state index contributed by atoms with van der Waals surface area (Å²) in [5, 5.41) is 4.75. The molecule has 0 radical (unpaired) electrons. The number of nitrogens with one attached hydrogen (secondary N) is 1. The molecular formula is C16H22ClN3O2S.